The summed E-state index contributed by atoms with van der Waals surface area (Å²) in [7, 11) is 0. The number of piperidine rings is 1. The molecule has 1 N–H and O–H groups in total. The Labute approximate surface area is 135 Å². The van der Waals surface area contributed by atoms with Gasteiger partial charge in [-0.1, -0.05) is 6.42 Å². The Morgan fingerprint density at radius 3 is 2.86 bits per heavy atom. The molecule has 116 valence electrons. The van der Waals surface area contributed by atoms with Gasteiger partial charge in [0.1, 0.15) is 5.69 Å². The largest absolute Gasteiger partial charge is 0.339 e. The Morgan fingerprint density at radius 1 is 1.43 bits per heavy atom. The minimum Gasteiger partial charge on any atom is -0.339 e. The van der Waals surface area contributed by atoms with Crippen molar-refractivity contribution < 1.29 is 4.79 Å². The number of amides is 1. The summed E-state index contributed by atoms with van der Waals surface area (Å²) in [5.74, 6) is 0.169. The van der Waals surface area contributed by atoms with Gasteiger partial charge in [0.15, 0.2) is 0 Å². The van der Waals surface area contributed by atoms with Crippen LogP contribution in [-0.4, -0.2) is 41.1 Å². The first kappa shape index (κ1) is 15.1. The zero-order valence-corrected chi connectivity index (χ0v) is 14.2. The molecule has 2 heterocycles. The number of carbonyl (C=O) groups is 1. The molecule has 5 heteroatoms. The highest BCUT2D eigenvalue weighted by Gasteiger charge is 2.30. The lowest BCUT2D eigenvalue weighted by Gasteiger charge is -2.30. The standard InChI is InChI=1S/C16H24BrN3O/c1-2-19(11-13-5-3-4-8-18-13)16(21)15-9-12(17)10-20(15)14-6-7-14/h9-10,13-14,18H,2-8,11H2,1H3. The number of hydrogen-bond donors (Lipinski definition) is 1. The number of hydrogen-bond acceptors (Lipinski definition) is 2. The minimum absolute atomic E-state index is 0.169. The normalized spacial score (nSPS) is 22.3. The summed E-state index contributed by atoms with van der Waals surface area (Å²) in [5.41, 5.74) is 0.835. The molecule has 1 aromatic heterocycles. The van der Waals surface area contributed by atoms with Gasteiger partial charge in [-0.25, -0.2) is 0 Å². The van der Waals surface area contributed by atoms with Crippen LogP contribution in [0.25, 0.3) is 0 Å². The van der Waals surface area contributed by atoms with E-state index in [4.69, 9.17) is 0 Å². The van der Waals surface area contributed by atoms with E-state index in [9.17, 15) is 4.79 Å². The topological polar surface area (TPSA) is 37.3 Å². The van der Waals surface area contributed by atoms with Crippen LogP contribution in [0.3, 0.4) is 0 Å². The second-order valence-electron chi connectivity index (χ2n) is 6.17. The van der Waals surface area contributed by atoms with Crippen molar-refractivity contribution in [2.45, 2.75) is 51.1 Å². The van der Waals surface area contributed by atoms with Crippen LogP contribution in [0.4, 0.5) is 0 Å². The second-order valence-corrected chi connectivity index (χ2v) is 7.09. The molecule has 4 nitrogen and oxygen atoms in total. The van der Waals surface area contributed by atoms with Gasteiger partial charge in [-0.2, -0.15) is 0 Å². The molecule has 1 saturated carbocycles. The molecule has 0 spiro atoms. The van der Waals surface area contributed by atoms with Gasteiger partial charge in [0, 0.05) is 35.8 Å². The molecule has 3 rings (SSSR count). The maximum absolute atomic E-state index is 12.9. The molecule has 1 aromatic rings. The van der Waals surface area contributed by atoms with Gasteiger partial charge in [-0.15, -0.1) is 0 Å². The second kappa shape index (κ2) is 6.53. The van der Waals surface area contributed by atoms with Crippen molar-refractivity contribution in [3.8, 4) is 0 Å². The first-order chi connectivity index (χ1) is 10.2. The quantitative estimate of drug-likeness (QED) is 0.882. The number of aromatic nitrogens is 1. The zero-order valence-electron chi connectivity index (χ0n) is 12.6. The maximum atomic E-state index is 12.9. The number of rotatable bonds is 5. The fourth-order valence-corrected chi connectivity index (χ4v) is 3.57. The molecule has 0 bridgehead atoms. The Kier molecular flexibility index (Phi) is 4.69. The molecule has 0 aromatic carbocycles. The Balaban J connectivity index is 1.72. The van der Waals surface area contributed by atoms with E-state index in [-0.39, 0.29) is 5.91 Å². The van der Waals surface area contributed by atoms with Crippen molar-refractivity contribution in [3.63, 3.8) is 0 Å². The van der Waals surface area contributed by atoms with Gasteiger partial charge < -0.3 is 14.8 Å². The van der Waals surface area contributed by atoms with Gasteiger partial charge in [0.25, 0.3) is 5.91 Å². The molecule has 2 fully saturated rings. The van der Waals surface area contributed by atoms with E-state index in [1.165, 1.54) is 32.1 Å². The number of nitrogens with zero attached hydrogens (tertiary/aromatic N) is 2. The molecule has 1 amide bonds. The third-order valence-corrected chi connectivity index (χ3v) is 4.93. The van der Waals surface area contributed by atoms with E-state index in [1.54, 1.807) is 0 Å². The summed E-state index contributed by atoms with van der Waals surface area (Å²) < 4.78 is 3.16. The van der Waals surface area contributed by atoms with E-state index in [2.05, 4.69) is 38.9 Å². The monoisotopic (exact) mass is 353 g/mol. The Morgan fingerprint density at radius 2 is 2.24 bits per heavy atom. The average molecular weight is 354 g/mol. The predicted molar refractivity (Wildman–Crippen MR) is 87.6 cm³/mol. The van der Waals surface area contributed by atoms with Gasteiger partial charge in [0.05, 0.1) is 0 Å². The number of nitrogens with one attached hydrogen (secondary N) is 1. The van der Waals surface area contributed by atoms with E-state index < -0.39 is 0 Å². The van der Waals surface area contributed by atoms with Crippen molar-refractivity contribution in [2.75, 3.05) is 19.6 Å². The molecule has 2 aliphatic rings. The SMILES string of the molecule is CCN(CC1CCCCN1)C(=O)c1cc(Br)cn1C1CC1. The smallest absolute Gasteiger partial charge is 0.270 e. The third-order valence-electron chi connectivity index (χ3n) is 4.50. The first-order valence-electron chi connectivity index (χ1n) is 8.09. The van der Waals surface area contributed by atoms with Crippen LogP contribution in [0.5, 0.6) is 0 Å². The minimum atomic E-state index is 0.169. The fourth-order valence-electron chi connectivity index (χ4n) is 3.14. The first-order valence-corrected chi connectivity index (χ1v) is 8.88. The highest BCUT2D eigenvalue weighted by molar-refractivity contribution is 9.10. The fraction of sp³-hybridized carbons (Fsp3) is 0.688. The lowest BCUT2D eigenvalue weighted by atomic mass is 10.0. The summed E-state index contributed by atoms with van der Waals surface area (Å²) in [6.07, 6.45) is 8.14. The van der Waals surface area contributed by atoms with Crippen LogP contribution in [-0.2, 0) is 0 Å². The molecule has 1 aliphatic heterocycles. The van der Waals surface area contributed by atoms with Crippen molar-refractivity contribution in [1.82, 2.24) is 14.8 Å². The molecular formula is C16H24BrN3O. The summed E-state index contributed by atoms with van der Waals surface area (Å²) >= 11 is 3.51. The molecular weight excluding hydrogens is 330 g/mol. The highest BCUT2D eigenvalue weighted by Crippen LogP contribution is 2.37. The van der Waals surface area contributed by atoms with E-state index >= 15 is 0 Å². The molecule has 1 atom stereocenters. The molecule has 1 unspecified atom stereocenters. The van der Waals surface area contributed by atoms with Crippen molar-refractivity contribution >= 4 is 21.8 Å². The summed E-state index contributed by atoms with van der Waals surface area (Å²) in [4.78, 5) is 14.9. The van der Waals surface area contributed by atoms with Crippen LogP contribution in [0, 0.1) is 0 Å². The lowest BCUT2D eigenvalue weighted by molar-refractivity contribution is 0.0730. The number of halogens is 1. The van der Waals surface area contributed by atoms with Crippen LogP contribution < -0.4 is 5.32 Å². The van der Waals surface area contributed by atoms with Crippen LogP contribution >= 0.6 is 15.9 Å². The number of likely N-dealkylation sites (N-methyl/N-ethyl adjacent to an activating group) is 1. The lowest BCUT2D eigenvalue weighted by Crippen LogP contribution is -2.46. The predicted octanol–water partition coefficient (Wildman–Crippen LogP) is 3.19. The molecule has 1 aliphatic carbocycles. The van der Waals surface area contributed by atoms with Crippen LogP contribution in [0.2, 0.25) is 0 Å². The molecule has 1 saturated heterocycles. The van der Waals surface area contributed by atoms with Gasteiger partial charge >= 0.3 is 0 Å². The zero-order chi connectivity index (χ0) is 14.8. The third kappa shape index (κ3) is 3.51. The van der Waals surface area contributed by atoms with E-state index in [0.29, 0.717) is 12.1 Å². The highest BCUT2D eigenvalue weighted by atomic mass is 79.9. The van der Waals surface area contributed by atoms with E-state index in [1.807, 2.05) is 11.0 Å². The molecule has 21 heavy (non-hydrogen) atoms. The average Bonchev–Trinajstić information content (AvgIpc) is 3.27. The number of carbonyl (C=O) groups excluding carboxylic acids is 1. The van der Waals surface area contributed by atoms with Crippen molar-refractivity contribution in [2.24, 2.45) is 0 Å². The Bertz CT molecular complexity index is 504. The van der Waals surface area contributed by atoms with Crippen molar-refractivity contribution in [1.29, 1.82) is 0 Å². The van der Waals surface area contributed by atoms with Gasteiger partial charge in [-0.05, 0) is 61.1 Å². The molecule has 0 radical (unpaired) electrons. The van der Waals surface area contributed by atoms with Gasteiger partial charge in [0.2, 0.25) is 0 Å². The van der Waals surface area contributed by atoms with E-state index in [0.717, 1.165) is 29.8 Å². The van der Waals surface area contributed by atoms with Gasteiger partial charge in [-0.3, -0.25) is 4.79 Å². The summed E-state index contributed by atoms with van der Waals surface area (Å²) in [6, 6.07) is 2.95. The maximum Gasteiger partial charge on any atom is 0.270 e. The van der Waals surface area contributed by atoms with Crippen molar-refractivity contribution in [3.05, 3.63) is 22.4 Å². The van der Waals surface area contributed by atoms with Crippen LogP contribution in [0.1, 0.15) is 55.6 Å². The Hall–Kier alpha value is -0.810. The summed E-state index contributed by atoms with van der Waals surface area (Å²) in [6.45, 7) is 4.74. The van der Waals surface area contributed by atoms with Crippen LogP contribution in [0.15, 0.2) is 16.7 Å². The summed E-state index contributed by atoms with van der Waals surface area (Å²) in [5, 5.41) is 3.54.